The molecule has 0 aromatic heterocycles. The van der Waals surface area contributed by atoms with E-state index in [2.05, 4.69) is 26.1 Å². The molecule has 8 nitrogen and oxygen atoms in total. The molecule has 6 N–H and O–H groups in total. The van der Waals surface area contributed by atoms with Crippen LogP contribution in [0.15, 0.2) is 0 Å². The molecular formula is C16H37Cl3N2O6S. The van der Waals surface area contributed by atoms with Crippen LogP contribution in [0, 0.1) is 0 Å². The summed E-state index contributed by atoms with van der Waals surface area (Å²) >= 11 is 0. The zero-order chi connectivity index (χ0) is 21.9. The Morgan fingerprint density at radius 1 is 0.857 bits per heavy atom. The molecule has 0 heterocycles. The molecule has 0 aliphatic rings. The molecule has 0 fully saturated rings. The molecule has 0 saturated heterocycles. The van der Waals surface area contributed by atoms with E-state index in [0.29, 0.717) is 19.4 Å². The molecule has 0 unspecified atom stereocenters. The summed E-state index contributed by atoms with van der Waals surface area (Å²) in [5.74, 6) is -0.814. The molecule has 0 atom stereocenters. The summed E-state index contributed by atoms with van der Waals surface area (Å²) in [5, 5.41) is 15.2. The summed E-state index contributed by atoms with van der Waals surface area (Å²) in [6, 6.07) is 0. The number of carboxylic acid groups (broad SMARTS) is 1. The van der Waals surface area contributed by atoms with E-state index in [1.165, 1.54) is 7.11 Å². The maximum Gasteiger partial charge on any atom is 0.305 e. The Bertz CT molecular complexity index is 340. The number of ether oxygens (including phenoxy) is 1. The Kier molecular flexibility index (Phi) is 51.6. The lowest BCUT2D eigenvalue weighted by atomic mass is 10.1. The molecule has 0 aliphatic carbocycles. The van der Waals surface area contributed by atoms with Crippen LogP contribution in [0.5, 0.6) is 0 Å². The number of hydrogen-bond donors (Lipinski definition) is 4. The maximum absolute atomic E-state index is 10.6. The third kappa shape index (κ3) is 63.5. The van der Waals surface area contributed by atoms with Gasteiger partial charge in [-0.2, -0.15) is 0 Å². The summed E-state index contributed by atoms with van der Waals surface area (Å²) < 4.78 is 13.6. The van der Waals surface area contributed by atoms with Crippen molar-refractivity contribution in [2.45, 2.75) is 64.2 Å². The average Bonchev–Trinajstić information content (AvgIpc) is 2.62. The van der Waals surface area contributed by atoms with Gasteiger partial charge in [-0.3, -0.25) is 9.59 Å². The van der Waals surface area contributed by atoms with Crippen LogP contribution < -0.4 is 11.5 Å². The molecular weight excluding hydrogens is 455 g/mol. The molecule has 12 heteroatoms. The van der Waals surface area contributed by atoms with Gasteiger partial charge in [0.2, 0.25) is 9.23 Å². The highest BCUT2D eigenvalue weighted by Gasteiger charge is 1.98. The van der Waals surface area contributed by atoms with Gasteiger partial charge in [-0.1, -0.05) is 25.7 Å². The Hall–Kier alpha value is -0.160. The van der Waals surface area contributed by atoms with E-state index >= 15 is 0 Å². The third-order valence-corrected chi connectivity index (χ3v) is 2.91. The largest absolute Gasteiger partial charge is 0.481 e. The van der Waals surface area contributed by atoms with Crippen LogP contribution in [0.4, 0.5) is 0 Å². The Balaban J connectivity index is -0.0000000960. The summed E-state index contributed by atoms with van der Waals surface area (Å²) in [4.78, 5) is 20.6. The van der Waals surface area contributed by atoms with Crippen molar-refractivity contribution < 1.29 is 28.7 Å². The monoisotopic (exact) mass is 490 g/mol. The second-order valence-electron chi connectivity index (χ2n) is 5.06. The minimum Gasteiger partial charge on any atom is -0.481 e. The number of carbonyl (C=O) groups excluding carboxylic acids is 1. The molecule has 0 aliphatic heterocycles. The van der Waals surface area contributed by atoms with Gasteiger partial charge in [0.15, 0.2) is 0 Å². The van der Waals surface area contributed by atoms with Gasteiger partial charge < -0.3 is 26.4 Å². The van der Waals surface area contributed by atoms with E-state index in [1.54, 1.807) is 0 Å². The molecule has 0 bridgehead atoms. The number of methoxy groups -OCH3 is 1. The maximum atomic E-state index is 10.6. The number of nitrogens with two attached hydrogens (primary N) is 2. The van der Waals surface area contributed by atoms with E-state index in [1.807, 2.05) is 0 Å². The quantitative estimate of drug-likeness (QED) is 0.184. The first-order valence-electron chi connectivity index (χ1n) is 8.69. The molecule has 0 rings (SSSR count). The van der Waals surface area contributed by atoms with Crippen molar-refractivity contribution in [1.82, 2.24) is 0 Å². The predicted octanol–water partition coefficient (Wildman–Crippen LogP) is 3.12. The molecule has 0 saturated carbocycles. The molecule has 28 heavy (non-hydrogen) atoms. The topological polar surface area (TPSA) is 153 Å². The van der Waals surface area contributed by atoms with Gasteiger partial charge in [-0.15, -0.1) is 12.4 Å². The van der Waals surface area contributed by atoms with Crippen LogP contribution in [0.2, 0.25) is 0 Å². The molecule has 0 amide bonds. The summed E-state index contributed by atoms with van der Waals surface area (Å²) in [7, 11) is 9.78. The van der Waals surface area contributed by atoms with Crippen molar-refractivity contribution in [3.8, 4) is 0 Å². The second-order valence-corrected chi connectivity index (χ2v) is 7.58. The molecule has 0 spiro atoms. The Labute approximate surface area is 186 Å². The van der Waals surface area contributed by atoms with E-state index in [4.69, 9.17) is 25.9 Å². The minimum absolute atomic E-state index is 0. The van der Waals surface area contributed by atoms with Crippen LogP contribution in [0.1, 0.15) is 64.2 Å². The molecule has 0 aromatic rings. The standard InChI is InChI=1S/C8H17NO2.C7H15NO2.CH4O.Cl2OS.ClH/c1-11-8(10)6-4-2-3-5-7-9;8-6-4-2-1-3-5-7(9)10;1-2;1-4(2)3;/h2-7,9H2,1H3;1-6,8H2,(H,9,10);2H,1H3;;1H. The highest BCUT2D eigenvalue weighted by Crippen LogP contribution is 2.02. The first-order chi connectivity index (χ1) is 12.8. The minimum atomic E-state index is -1.67. The second kappa shape index (κ2) is 37.6. The van der Waals surface area contributed by atoms with E-state index in [9.17, 15) is 9.59 Å². The van der Waals surface area contributed by atoms with Crippen molar-refractivity contribution in [1.29, 1.82) is 0 Å². The zero-order valence-corrected chi connectivity index (χ0v) is 19.9. The number of aliphatic hydroxyl groups excluding tert-OH is 1. The molecule has 0 radical (unpaired) electrons. The van der Waals surface area contributed by atoms with Gasteiger partial charge >= 0.3 is 11.9 Å². The lowest BCUT2D eigenvalue weighted by Crippen LogP contribution is -2.00. The number of carbonyl (C=O) groups is 2. The SMILES string of the molecule is CO.COC(=O)CCCCCCN.Cl.NCCCCCCC(=O)O.O=S(Cl)Cl. The van der Waals surface area contributed by atoms with Gasteiger partial charge in [0.25, 0.3) is 0 Å². The van der Waals surface area contributed by atoms with Crippen molar-refractivity contribution >= 4 is 54.9 Å². The highest BCUT2D eigenvalue weighted by molar-refractivity contribution is 8.26. The number of aliphatic carboxylic acids is 1. The lowest BCUT2D eigenvalue weighted by molar-refractivity contribution is -0.141. The van der Waals surface area contributed by atoms with Gasteiger partial charge in [0, 0.05) is 41.3 Å². The number of carboxylic acids is 1. The first kappa shape index (κ1) is 38.4. The van der Waals surface area contributed by atoms with E-state index in [0.717, 1.165) is 65.0 Å². The van der Waals surface area contributed by atoms with Crippen molar-refractivity contribution in [2.24, 2.45) is 11.5 Å². The third-order valence-electron chi connectivity index (χ3n) is 2.91. The van der Waals surface area contributed by atoms with E-state index < -0.39 is 15.2 Å². The number of esters is 1. The molecule has 0 aromatic carbocycles. The summed E-state index contributed by atoms with van der Waals surface area (Å²) in [6.45, 7) is 1.46. The smallest absolute Gasteiger partial charge is 0.305 e. The summed E-state index contributed by atoms with van der Waals surface area (Å²) in [5.41, 5.74) is 10.6. The van der Waals surface area contributed by atoms with Crippen molar-refractivity contribution in [3.63, 3.8) is 0 Å². The van der Waals surface area contributed by atoms with Crippen LogP contribution in [-0.4, -0.2) is 53.7 Å². The van der Waals surface area contributed by atoms with Crippen LogP contribution >= 0.6 is 33.8 Å². The average molecular weight is 492 g/mol. The van der Waals surface area contributed by atoms with Crippen LogP contribution in [0.25, 0.3) is 0 Å². The van der Waals surface area contributed by atoms with Gasteiger partial charge in [-0.25, -0.2) is 4.21 Å². The van der Waals surface area contributed by atoms with Gasteiger partial charge in [0.05, 0.1) is 7.11 Å². The highest BCUT2D eigenvalue weighted by atomic mass is 36.0. The fourth-order valence-electron chi connectivity index (χ4n) is 1.64. The first-order valence-corrected chi connectivity index (χ1v) is 11.5. The Morgan fingerprint density at radius 3 is 1.46 bits per heavy atom. The van der Waals surface area contributed by atoms with E-state index in [-0.39, 0.29) is 18.4 Å². The van der Waals surface area contributed by atoms with Crippen LogP contribution in [-0.2, 0) is 23.6 Å². The van der Waals surface area contributed by atoms with Crippen molar-refractivity contribution in [3.05, 3.63) is 0 Å². The normalized spacial score (nSPS) is 8.71. The van der Waals surface area contributed by atoms with Crippen LogP contribution in [0.3, 0.4) is 0 Å². The van der Waals surface area contributed by atoms with Gasteiger partial charge in [-0.05, 0) is 38.8 Å². The number of halogens is 3. The number of hydrogen-bond acceptors (Lipinski definition) is 7. The molecule has 174 valence electrons. The Morgan fingerprint density at radius 2 is 1.18 bits per heavy atom. The lowest BCUT2D eigenvalue weighted by Gasteiger charge is -1.98. The number of aliphatic hydroxyl groups is 1. The fourth-order valence-corrected chi connectivity index (χ4v) is 1.64. The predicted molar refractivity (Wildman–Crippen MR) is 119 cm³/mol. The zero-order valence-electron chi connectivity index (χ0n) is 16.7. The fraction of sp³-hybridized carbons (Fsp3) is 0.875. The van der Waals surface area contributed by atoms with Gasteiger partial charge in [0.1, 0.15) is 0 Å². The number of unbranched alkanes of at least 4 members (excludes halogenated alkanes) is 6. The number of rotatable bonds is 12. The van der Waals surface area contributed by atoms with Crippen molar-refractivity contribution in [2.75, 3.05) is 27.3 Å². The summed E-state index contributed by atoms with van der Waals surface area (Å²) in [6.07, 6.45) is 8.86.